The summed E-state index contributed by atoms with van der Waals surface area (Å²) in [6, 6.07) is 0.772. The van der Waals surface area contributed by atoms with Gasteiger partial charge in [0.25, 0.3) is 0 Å². The van der Waals surface area contributed by atoms with E-state index in [2.05, 4.69) is 33.0 Å². The molecule has 0 aliphatic carbocycles. The summed E-state index contributed by atoms with van der Waals surface area (Å²) < 4.78 is 0. The van der Waals surface area contributed by atoms with Gasteiger partial charge in [-0.15, -0.1) is 0 Å². The van der Waals surface area contributed by atoms with Crippen LogP contribution in [0.3, 0.4) is 0 Å². The SMILES string of the molecule is CCCNC(CCC)CCC(C)CC. The fraction of sp³-hybridized carbons (Fsp3) is 1.00. The minimum absolute atomic E-state index is 0.772. The molecule has 0 heterocycles. The number of nitrogens with one attached hydrogen (secondary N) is 1. The molecular formula is C13H29N. The summed E-state index contributed by atoms with van der Waals surface area (Å²) in [5.41, 5.74) is 0. The smallest absolute Gasteiger partial charge is 0.00670 e. The topological polar surface area (TPSA) is 12.0 Å². The first-order valence-corrected chi connectivity index (χ1v) is 6.47. The highest BCUT2D eigenvalue weighted by molar-refractivity contribution is 4.67. The minimum atomic E-state index is 0.772. The molecule has 2 unspecified atom stereocenters. The zero-order valence-corrected chi connectivity index (χ0v) is 10.6. The van der Waals surface area contributed by atoms with Crippen molar-refractivity contribution in [1.82, 2.24) is 5.32 Å². The molecule has 86 valence electrons. The van der Waals surface area contributed by atoms with Gasteiger partial charge in [-0.25, -0.2) is 0 Å². The molecule has 0 spiro atoms. The lowest BCUT2D eigenvalue weighted by molar-refractivity contribution is 0.392. The molecule has 1 N–H and O–H groups in total. The highest BCUT2D eigenvalue weighted by Crippen LogP contribution is 2.13. The van der Waals surface area contributed by atoms with E-state index >= 15 is 0 Å². The van der Waals surface area contributed by atoms with Gasteiger partial charge in [-0.3, -0.25) is 0 Å². The van der Waals surface area contributed by atoms with E-state index in [0.717, 1.165) is 12.0 Å². The maximum atomic E-state index is 3.65. The molecule has 0 saturated carbocycles. The van der Waals surface area contributed by atoms with Crippen molar-refractivity contribution in [1.29, 1.82) is 0 Å². The van der Waals surface area contributed by atoms with Crippen molar-refractivity contribution in [3.05, 3.63) is 0 Å². The zero-order valence-electron chi connectivity index (χ0n) is 10.6. The van der Waals surface area contributed by atoms with Crippen LogP contribution in [0.15, 0.2) is 0 Å². The molecule has 0 aromatic heterocycles. The Bertz CT molecular complexity index is 112. The molecule has 0 radical (unpaired) electrons. The average Bonchev–Trinajstić information content (AvgIpc) is 2.21. The highest BCUT2D eigenvalue weighted by Gasteiger charge is 2.08. The molecule has 0 aliphatic heterocycles. The number of rotatable bonds is 9. The largest absolute Gasteiger partial charge is 0.314 e. The molecule has 0 bridgehead atoms. The molecule has 0 aromatic carbocycles. The van der Waals surface area contributed by atoms with Crippen molar-refractivity contribution < 1.29 is 0 Å². The lowest BCUT2D eigenvalue weighted by Gasteiger charge is -2.19. The Balaban J connectivity index is 3.60. The van der Waals surface area contributed by atoms with Crippen LogP contribution in [0.5, 0.6) is 0 Å². The average molecular weight is 199 g/mol. The summed E-state index contributed by atoms with van der Waals surface area (Å²) in [4.78, 5) is 0. The van der Waals surface area contributed by atoms with E-state index in [-0.39, 0.29) is 0 Å². The Hall–Kier alpha value is -0.0400. The van der Waals surface area contributed by atoms with E-state index in [1.54, 1.807) is 0 Å². The quantitative estimate of drug-likeness (QED) is 0.592. The van der Waals surface area contributed by atoms with Gasteiger partial charge < -0.3 is 5.32 Å². The Kier molecular flexibility index (Phi) is 9.49. The third-order valence-corrected chi connectivity index (χ3v) is 3.03. The van der Waals surface area contributed by atoms with Gasteiger partial charge in [-0.2, -0.15) is 0 Å². The number of hydrogen-bond donors (Lipinski definition) is 1. The molecule has 0 rings (SSSR count). The van der Waals surface area contributed by atoms with Gasteiger partial charge in [0, 0.05) is 6.04 Å². The predicted octanol–water partition coefficient (Wildman–Crippen LogP) is 3.98. The normalized spacial score (nSPS) is 15.4. The van der Waals surface area contributed by atoms with Crippen LogP contribution in [0, 0.1) is 5.92 Å². The summed E-state index contributed by atoms with van der Waals surface area (Å²) in [6.07, 6.45) is 7.98. The summed E-state index contributed by atoms with van der Waals surface area (Å²) in [5, 5.41) is 3.65. The molecule has 0 fully saturated rings. The van der Waals surface area contributed by atoms with Crippen LogP contribution in [-0.4, -0.2) is 12.6 Å². The van der Waals surface area contributed by atoms with Crippen molar-refractivity contribution in [2.75, 3.05) is 6.54 Å². The van der Waals surface area contributed by atoms with Crippen LogP contribution in [0.1, 0.15) is 66.2 Å². The Morgan fingerprint density at radius 2 is 1.64 bits per heavy atom. The van der Waals surface area contributed by atoms with Crippen LogP contribution in [-0.2, 0) is 0 Å². The molecule has 0 aliphatic rings. The first kappa shape index (κ1) is 14.0. The van der Waals surface area contributed by atoms with E-state index in [0.29, 0.717) is 0 Å². The molecule has 2 atom stereocenters. The van der Waals surface area contributed by atoms with Crippen molar-refractivity contribution >= 4 is 0 Å². The van der Waals surface area contributed by atoms with Gasteiger partial charge in [-0.05, 0) is 38.1 Å². The zero-order chi connectivity index (χ0) is 10.8. The molecule has 0 amide bonds. The van der Waals surface area contributed by atoms with Gasteiger partial charge in [0.1, 0.15) is 0 Å². The number of hydrogen-bond acceptors (Lipinski definition) is 1. The maximum Gasteiger partial charge on any atom is 0.00670 e. The summed E-state index contributed by atoms with van der Waals surface area (Å²) >= 11 is 0. The Morgan fingerprint density at radius 1 is 0.929 bits per heavy atom. The third-order valence-electron chi connectivity index (χ3n) is 3.03. The molecule has 1 heteroatoms. The van der Waals surface area contributed by atoms with E-state index in [1.165, 1.54) is 45.1 Å². The van der Waals surface area contributed by atoms with Crippen LogP contribution in [0.2, 0.25) is 0 Å². The van der Waals surface area contributed by atoms with Gasteiger partial charge in [0.05, 0.1) is 0 Å². The van der Waals surface area contributed by atoms with Gasteiger partial charge >= 0.3 is 0 Å². The second-order valence-corrected chi connectivity index (χ2v) is 4.53. The molecule has 0 aromatic rings. The molecule has 1 nitrogen and oxygen atoms in total. The van der Waals surface area contributed by atoms with E-state index in [1.807, 2.05) is 0 Å². The van der Waals surface area contributed by atoms with Crippen LogP contribution < -0.4 is 5.32 Å². The summed E-state index contributed by atoms with van der Waals surface area (Å²) in [6.45, 7) is 10.4. The predicted molar refractivity (Wildman–Crippen MR) is 65.7 cm³/mol. The first-order valence-electron chi connectivity index (χ1n) is 6.47. The van der Waals surface area contributed by atoms with Gasteiger partial charge in [0.15, 0.2) is 0 Å². The van der Waals surface area contributed by atoms with Crippen LogP contribution in [0.4, 0.5) is 0 Å². The maximum absolute atomic E-state index is 3.65. The van der Waals surface area contributed by atoms with Gasteiger partial charge in [0.2, 0.25) is 0 Å². The summed E-state index contributed by atoms with van der Waals surface area (Å²) in [5.74, 6) is 0.901. The van der Waals surface area contributed by atoms with E-state index in [9.17, 15) is 0 Å². The van der Waals surface area contributed by atoms with Crippen LogP contribution in [0.25, 0.3) is 0 Å². The standard InChI is InChI=1S/C13H29N/c1-5-8-13(14-11-6-2)10-9-12(4)7-3/h12-14H,5-11H2,1-4H3. The highest BCUT2D eigenvalue weighted by atomic mass is 14.9. The monoisotopic (exact) mass is 199 g/mol. The van der Waals surface area contributed by atoms with E-state index < -0.39 is 0 Å². The van der Waals surface area contributed by atoms with Crippen LogP contribution >= 0.6 is 0 Å². The van der Waals surface area contributed by atoms with Crippen molar-refractivity contribution in [3.8, 4) is 0 Å². The second kappa shape index (κ2) is 9.51. The van der Waals surface area contributed by atoms with Crippen molar-refractivity contribution in [3.63, 3.8) is 0 Å². The Labute approximate surface area is 90.7 Å². The fourth-order valence-corrected chi connectivity index (χ4v) is 1.74. The van der Waals surface area contributed by atoms with Crippen molar-refractivity contribution in [2.24, 2.45) is 5.92 Å². The molecular weight excluding hydrogens is 170 g/mol. The lowest BCUT2D eigenvalue weighted by atomic mass is 9.97. The third kappa shape index (κ3) is 7.37. The lowest BCUT2D eigenvalue weighted by Crippen LogP contribution is -2.30. The van der Waals surface area contributed by atoms with Gasteiger partial charge in [-0.1, -0.05) is 40.5 Å². The minimum Gasteiger partial charge on any atom is -0.314 e. The Morgan fingerprint density at radius 3 is 2.14 bits per heavy atom. The van der Waals surface area contributed by atoms with E-state index in [4.69, 9.17) is 0 Å². The van der Waals surface area contributed by atoms with Crippen molar-refractivity contribution in [2.45, 2.75) is 72.3 Å². The first-order chi connectivity index (χ1) is 6.74. The fourth-order valence-electron chi connectivity index (χ4n) is 1.74. The molecule has 14 heavy (non-hydrogen) atoms. The molecule has 0 saturated heterocycles. The second-order valence-electron chi connectivity index (χ2n) is 4.53. The summed E-state index contributed by atoms with van der Waals surface area (Å²) in [7, 11) is 0.